The maximum absolute atomic E-state index is 10.1. The van der Waals surface area contributed by atoms with Crippen LogP contribution in [-0.4, -0.2) is 69.1 Å². The van der Waals surface area contributed by atoms with E-state index in [1.165, 1.54) is 0 Å². The van der Waals surface area contributed by atoms with E-state index in [0.29, 0.717) is 0 Å². The standard InChI is InChI=1S/2Al.H2O10S3.6H/c;;1-11(2,3)9-13(7,8)10-12(4,5)6;;;;;;/h;;(H,1,2,3)(H,4,5,6);;;;;;. The van der Waals surface area contributed by atoms with Crippen molar-refractivity contribution in [3.8, 4) is 0 Å². The Labute approximate surface area is 107 Å². The van der Waals surface area contributed by atoms with E-state index in [1.807, 2.05) is 0 Å². The van der Waals surface area contributed by atoms with Crippen molar-refractivity contribution in [3.05, 3.63) is 0 Å². The van der Waals surface area contributed by atoms with Gasteiger partial charge in [0, 0.05) is 0 Å². The first-order valence-electron chi connectivity index (χ1n) is 2.03. The van der Waals surface area contributed by atoms with Gasteiger partial charge in [0.1, 0.15) is 0 Å². The van der Waals surface area contributed by atoms with Gasteiger partial charge in [0.2, 0.25) is 0 Å². The zero-order valence-electron chi connectivity index (χ0n) is 5.39. The molecule has 0 aliphatic heterocycles. The van der Waals surface area contributed by atoms with Crippen LogP contribution >= 0.6 is 0 Å². The molecule has 0 spiro atoms. The Morgan fingerprint density at radius 2 is 0.867 bits per heavy atom. The zero-order valence-corrected chi connectivity index (χ0v) is 7.83. The van der Waals surface area contributed by atoms with Crippen LogP contribution in [0.25, 0.3) is 0 Å². The molecule has 0 saturated heterocycles. The molecule has 0 rings (SSSR count). The lowest BCUT2D eigenvalue weighted by Gasteiger charge is -1.97. The predicted molar refractivity (Wildman–Crippen MR) is 54.1 cm³/mol. The molecule has 0 saturated carbocycles. The second kappa shape index (κ2) is 6.48. The van der Waals surface area contributed by atoms with E-state index in [-0.39, 0.29) is 34.7 Å². The molecule has 0 aliphatic carbocycles. The van der Waals surface area contributed by atoms with Crippen molar-refractivity contribution in [3.63, 3.8) is 0 Å². The predicted octanol–water partition coefficient (Wildman–Crippen LogP) is -4.50. The molecule has 2 N–H and O–H groups in total. The normalized spacial score (nSPS) is 12.4. The molecular formula is H8Al2O10S3. The van der Waals surface area contributed by atoms with Crippen LogP contribution in [0.15, 0.2) is 0 Å². The molecule has 0 radical (unpaired) electrons. The van der Waals surface area contributed by atoms with Gasteiger partial charge in [-0.25, -0.2) is 0 Å². The quantitative estimate of drug-likeness (QED) is 0.381. The fourth-order valence-corrected chi connectivity index (χ4v) is 2.20. The Kier molecular flexibility index (Phi) is 9.11. The molecule has 10 nitrogen and oxygen atoms in total. The highest BCUT2D eigenvalue weighted by Crippen LogP contribution is 2.03. The SMILES string of the molecule is O=S(=O)(O)OS(=O)(=O)OS(=O)(=O)O.[AlH3].[AlH3]. The lowest BCUT2D eigenvalue weighted by Crippen LogP contribution is -2.18. The summed E-state index contributed by atoms with van der Waals surface area (Å²) in [6, 6.07) is 0. The van der Waals surface area contributed by atoms with Gasteiger partial charge in [-0.3, -0.25) is 9.11 Å². The number of hydrogen-bond acceptors (Lipinski definition) is 8. The summed E-state index contributed by atoms with van der Waals surface area (Å²) in [4.78, 5) is 0. The van der Waals surface area contributed by atoms with E-state index >= 15 is 0 Å². The molecule has 0 amide bonds. The summed E-state index contributed by atoms with van der Waals surface area (Å²) in [5, 5.41) is 0. The van der Waals surface area contributed by atoms with Gasteiger partial charge >= 0.3 is 31.2 Å². The minimum Gasteiger partial charge on any atom is -0.263 e. The summed E-state index contributed by atoms with van der Waals surface area (Å²) < 4.78 is 80.2. The molecule has 0 heterocycles. The highest BCUT2D eigenvalue weighted by molar-refractivity contribution is 8.00. The average Bonchev–Trinajstić information content (AvgIpc) is 1.43. The summed E-state index contributed by atoms with van der Waals surface area (Å²) in [6.45, 7) is 0. The third kappa shape index (κ3) is 14.8. The fraction of sp³-hybridized carbons (Fsp3) is 0. The molecule has 0 unspecified atom stereocenters. The average molecular weight is 318 g/mol. The Bertz CT molecular complexity index is 423. The summed E-state index contributed by atoms with van der Waals surface area (Å²) in [7, 11) is -16.5. The van der Waals surface area contributed by atoms with Crippen molar-refractivity contribution in [2.75, 3.05) is 0 Å². The van der Waals surface area contributed by atoms with Crippen LogP contribution in [-0.2, 0) is 38.5 Å². The number of rotatable bonds is 4. The molecule has 15 heteroatoms. The zero-order chi connectivity index (χ0) is 10.9. The van der Waals surface area contributed by atoms with Gasteiger partial charge in [-0.05, 0) is 0 Å². The Morgan fingerprint density at radius 3 is 1.00 bits per heavy atom. The minimum absolute atomic E-state index is 0. The fourth-order valence-electron chi connectivity index (χ4n) is 0.222. The van der Waals surface area contributed by atoms with Crippen LogP contribution in [0.4, 0.5) is 0 Å². The molecule has 0 atom stereocenters. The van der Waals surface area contributed by atoms with Gasteiger partial charge < -0.3 is 0 Å². The summed E-state index contributed by atoms with van der Waals surface area (Å²) >= 11 is 0. The molecule has 0 aromatic heterocycles. The second-order valence-electron chi connectivity index (χ2n) is 1.40. The maximum atomic E-state index is 10.1. The van der Waals surface area contributed by atoms with Crippen LogP contribution in [0.5, 0.6) is 0 Å². The lowest BCUT2D eigenvalue weighted by atomic mass is 15.7. The smallest absolute Gasteiger partial charge is 0.263 e. The molecular weight excluding hydrogens is 310 g/mol. The Morgan fingerprint density at radius 1 is 0.667 bits per heavy atom. The van der Waals surface area contributed by atoms with Crippen molar-refractivity contribution in [2.24, 2.45) is 0 Å². The van der Waals surface area contributed by atoms with Crippen molar-refractivity contribution >= 4 is 65.9 Å². The highest BCUT2D eigenvalue weighted by Gasteiger charge is 2.27. The van der Waals surface area contributed by atoms with E-state index in [1.54, 1.807) is 0 Å². The first kappa shape index (κ1) is 21.1. The van der Waals surface area contributed by atoms with Crippen LogP contribution in [0, 0.1) is 0 Å². The van der Waals surface area contributed by atoms with Crippen molar-refractivity contribution in [2.45, 2.75) is 0 Å². The van der Waals surface area contributed by atoms with Crippen molar-refractivity contribution < 1.29 is 41.6 Å². The minimum atomic E-state index is -5.57. The molecule has 0 aliphatic rings. The van der Waals surface area contributed by atoms with Crippen molar-refractivity contribution in [1.29, 1.82) is 0 Å². The van der Waals surface area contributed by atoms with E-state index in [9.17, 15) is 25.3 Å². The molecule has 0 fully saturated rings. The van der Waals surface area contributed by atoms with Crippen LogP contribution < -0.4 is 0 Å². The van der Waals surface area contributed by atoms with Crippen molar-refractivity contribution in [1.82, 2.24) is 0 Å². The summed E-state index contributed by atoms with van der Waals surface area (Å²) in [6.07, 6.45) is 0. The third-order valence-electron chi connectivity index (χ3n) is 0.339. The van der Waals surface area contributed by atoms with Gasteiger partial charge in [-0.1, -0.05) is 7.26 Å². The first-order valence-corrected chi connectivity index (χ1v) is 6.10. The largest absolute Gasteiger partial charge is 0.432 e. The van der Waals surface area contributed by atoms with E-state index in [2.05, 4.69) is 7.26 Å². The Hall–Kier alpha value is 0.755. The summed E-state index contributed by atoms with van der Waals surface area (Å²) in [5.41, 5.74) is 0. The second-order valence-corrected chi connectivity index (χ2v) is 5.02. The molecule has 0 aromatic rings. The van der Waals surface area contributed by atoms with E-state index in [0.717, 1.165) is 0 Å². The number of hydrogen-bond donors (Lipinski definition) is 2. The van der Waals surface area contributed by atoms with Gasteiger partial charge in [0.25, 0.3) is 0 Å². The van der Waals surface area contributed by atoms with Crippen LogP contribution in [0.1, 0.15) is 0 Å². The van der Waals surface area contributed by atoms with E-state index in [4.69, 9.17) is 9.11 Å². The third-order valence-corrected chi connectivity index (χ3v) is 3.05. The van der Waals surface area contributed by atoms with Crippen LogP contribution in [0.2, 0.25) is 0 Å². The van der Waals surface area contributed by atoms with Gasteiger partial charge in [-0.15, -0.1) is 0 Å². The van der Waals surface area contributed by atoms with Gasteiger partial charge in [0.15, 0.2) is 34.7 Å². The maximum Gasteiger partial charge on any atom is 0.432 e. The lowest BCUT2D eigenvalue weighted by molar-refractivity contribution is 0.328. The van der Waals surface area contributed by atoms with Gasteiger partial charge in [0.05, 0.1) is 0 Å². The van der Waals surface area contributed by atoms with Crippen LogP contribution in [0.3, 0.4) is 0 Å². The Balaban J connectivity index is -0.000000720. The van der Waals surface area contributed by atoms with E-state index < -0.39 is 31.2 Å². The first-order chi connectivity index (χ1) is 5.41. The molecule has 0 bridgehead atoms. The molecule has 0 aromatic carbocycles. The van der Waals surface area contributed by atoms with Gasteiger partial charge in [-0.2, -0.15) is 25.3 Å². The topological polar surface area (TPSA) is 161 Å². The monoisotopic (exact) mass is 318 g/mol. The summed E-state index contributed by atoms with van der Waals surface area (Å²) in [5.74, 6) is 0. The molecule has 92 valence electrons. The highest BCUT2D eigenvalue weighted by atomic mass is 32.3. The molecule has 15 heavy (non-hydrogen) atoms.